The molecule has 1 N–H and O–H groups in total. The molecule has 3 rings (SSSR count). The second-order valence-corrected chi connectivity index (χ2v) is 9.18. The Morgan fingerprint density at radius 1 is 1.00 bits per heavy atom. The van der Waals surface area contributed by atoms with E-state index in [1.54, 1.807) is 24.5 Å². The first-order valence-corrected chi connectivity index (χ1v) is 11.0. The second-order valence-electron chi connectivity index (χ2n) is 7.17. The SMILES string of the molecule is Cc1ccc(-c2cc(C(=O)N[C@H](C)c3ccc(C)nc3)cc(S(C)(=O)=O)c2)nc1. The minimum absolute atomic E-state index is 0.0761. The van der Waals surface area contributed by atoms with E-state index in [9.17, 15) is 13.2 Å². The first kappa shape index (κ1) is 20.7. The van der Waals surface area contributed by atoms with Crippen LogP contribution in [-0.4, -0.2) is 30.5 Å². The van der Waals surface area contributed by atoms with Crippen molar-refractivity contribution in [2.75, 3.05) is 6.26 Å². The van der Waals surface area contributed by atoms with Gasteiger partial charge in [-0.1, -0.05) is 12.1 Å². The monoisotopic (exact) mass is 409 g/mol. The van der Waals surface area contributed by atoms with Gasteiger partial charge in [0.2, 0.25) is 0 Å². The van der Waals surface area contributed by atoms with E-state index < -0.39 is 9.84 Å². The number of amides is 1. The molecule has 7 heteroatoms. The van der Waals surface area contributed by atoms with Crippen LogP contribution in [0.25, 0.3) is 11.3 Å². The number of pyridine rings is 2. The molecule has 2 heterocycles. The molecule has 1 amide bonds. The zero-order valence-electron chi connectivity index (χ0n) is 16.8. The Labute approximate surface area is 171 Å². The van der Waals surface area contributed by atoms with Gasteiger partial charge in [-0.25, -0.2) is 8.42 Å². The second kappa shape index (κ2) is 8.13. The molecule has 0 aliphatic heterocycles. The predicted molar refractivity (Wildman–Crippen MR) is 112 cm³/mol. The zero-order chi connectivity index (χ0) is 21.2. The molecule has 0 aliphatic carbocycles. The molecule has 0 spiro atoms. The molecule has 0 saturated heterocycles. The minimum atomic E-state index is -3.50. The summed E-state index contributed by atoms with van der Waals surface area (Å²) < 4.78 is 24.3. The van der Waals surface area contributed by atoms with E-state index >= 15 is 0 Å². The molecule has 150 valence electrons. The lowest BCUT2D eigenvalue weighted by Gasteiger charge is -2.15. The van der Waals surface area contributed by atoms with Crippen molar-refractivity contribution < 1.29 is 13.2 Å². The van der Waals surface area contributed by atoms with Crippen molar-refractivity contribution in [3.05, 3.63) is 77.2 Å². The quantitative estimate of drug-likeness (QED) is 0.695. The van der Waals surface area contributed by atoms with Crippen LogP contribution in [0, 0.1) is 13.8 Å². The van der Waals surface area contributed by atoms with Crippen molar-refractivity contribution in [2.45, 2.75) is 31.7 Å². The lowest BCUT2D eigenvalue weighted by molar-refractivity contribution is 0.0939. The highest BCUT2D eigenvalue weighted by Gasteiger charge is 2.17. The third-order valence-corrected chi connectivity index (χ3v) is 5.68. The highest BCUT2D eigenvalue weighted by molar-refractivity contribution is 7.90. The number of sulfone groups is 1. The summed E-state index contributed by atoms with van der Waals surface area (Å²) in [6.45, 7) is 5.67. The number of hydrogen-bond acceptors (Lipinski definition) is 5. The Balaban J connectivity index is 1.96. The number of aryl methyl sites for hydroxylation is 2. The smallest absolute Gasteiger partial charge is 0.251 e. The minimum Gasteiger partial charge on any atom is -0.345 e. The zero-order valence-corrected chi connectivity index (χ0v) is 17.6. The molecule has 0 fully saturated rings. The van der Waals surface area contributed by atoms with E-state index in [0.29, 0.717) is 11.3 Å². The average Bonchev–Trinajstić information content (AvgIpc) is 2.68. The van der Waals surface area contributed by atoms with Crippen LogP contribution in [0.1, 0.15) is 40.1 Å². The van der Waals surface area contributed by atoms with Crippen molar-refractivity contribution in [3.8, 4) is 11.3 Å². The van der Waals surface area contributed by atoms with Crippen molar-refractivity contribution in [2.24, 2.45) is 0 Å². The Bertz CT molecular complexity index is 1140. The Kier molecular flexibility index (Phi) is 5.79. The molecule has 0 bridgehead atoms. The topological polar surface area (TPSA) is 89.0 Å². The first-order chi connectivity index (χ1) is 13.6. The number of carbonyl (C=O) groups is 1. The third kappa shape index (κ3) is 5.06. The molecule has 3 aromatic rings. The summed E-state index contributed by atoms with van der Waals surface area (Å²) in [5, 5.41) is 2.90. The van der Waals surface area contributed by atoms with Gasteiger partial charge >= 0.3 is 0 Å². The lowest BCUT2D eigenvalue weighted by Crippen LogP contribution is -2.27. The van der Waals surface area contributed by atoms with Crippen LogP contribution in [0.2, 0.25) is 0 Å². The van der Waals surface area contributed by atoms with Crippen LogP contribution in [0.5, 0.6) is 0 Å². The summed E-state index contributed by atoms with van der Waals surface area (Å²) in [7, 11) is -3.50. The van der Waals surface area contributed by atoms with E-state index in [-0.39, 0.29) is 22.4 Å². The maximum atomic E-state index is 12.9. The fourth-order valence-electron chi connectivity index (χ4n) is 2.83. The van der Waals surface area contributed by atoms with Crippen LogP contribution in [0.4, 0.5) is 0 Å². The van der Waals surface area contributed by atoms with Gasteiger partial charge in [-0.05, 0) is 62.2 Å². The van der Waals surface area contributed by atoms with Crippen LogP contribution < -0.4 is 5.32 Å². The molecular weight excluding hydrogens is 386 g/mol. The Morgan fingerprint density at radius 2 is 1.76 bits per heavy atom. The molecule has 29 heavy (non-hydrogen) atoms. The van der Waals surface area contributed by atoms with Gasteiger partial charge in [-0.2, -0.15) is 0 Å². The largest absolute Gasteiger partial charge is 0.345 e. The number of aromatic nitrogens is 2. The summed E-state index contributed by atoms with van der Waals surface area (Å²) in [5.74, 6) is -0.364. The number of rotatable bonds is 5. The summed E-state index contributed by atoms with van der Waals surface area (Å²) in [5.41, 5.74) is 4.18. The van der Waals surface area contributed by atoms with Gasteiger partial charge in [-0.3, -0.25) is 14.8 Å². The van der Waals surface area contributed by atoms with Crippen molar-refractivity contribution >= 4 is 15.7 Å². The highest BCUT2D eigenvalue weighted by atomic mass is 32.2. The van der Waals surface area contributed by atoms with Crippen LogP contribution >= 0.6 is 0 Å². The average molecular weight is 410 g/mol. The standard InChI is InChI=1S/C22H23N3O3S/c1-14-5-8-21(24-12-14)18-9-19(11-20(10-18)29(4,27)28)22(26)25-16(3)17-7-6-15(2)23-13-17/h5-13,16H,1-4H3,(H,25,26)/t16-/m1/s1. The van der Waals surface area contributed by atoms with Gasteiger partial charge in [0.1, 0.15) is 0 Å². The van der Waals surface area contributed by atoms with Crippen LogP contribution in [0.3, 0.4) is 0 Å². The number of benzene rings is 1. The summed E-state index contributed by atoms with van der Waals surface area (Å²) in [4.78, 5) is 21.5. The van der Waals surface area contributed by atoms with Crippen molar-refractivity contribution in [1.82, 2.24) is 15.3 Å². The molecular formula is C22H23N3O3S. The summed E-state index contributed by atoms with van der Waals surface area (Å²) in [6.07, 6.45) is 4.54. The van der Waals surface area contributed by atoms with Gasteiger partial charge in [0.25, 0.3) is 5.91 Å². The maximum absolute atomic E-state index is 12.9. The van der Waals surface area contributed by atoms with Crippen molar-refractivity contribution in [1.29, 1.82) is 0 Å². The van der Waals surface area contributed by atoms with Gasteiger partial charge in [0, 0.05) is 35.5 Å². The molecule has 0 unspecified atom stereocenters. The van der Waals surface area contributed by atoms with Gasteiger partial charge in [-0.15, -0.1) is 0 Å². The fraction of sp³-hybridized carbons (Fsp3) is 0.227. The fourth-order valence-corrected chi connectivity index (χ4v) is 3.51. The predicted octanol–water partition coefficient (Wildman–Crippen LogP) is 3.65. The first-order valence-electron chi connectivity index (χ1n) is 9.15. The summed E-state index contributed by atoms with van der Waals surface area (Å²) >= 11 is 0. The van der Waals surface area contributed by atoms with Crippen LogP contribution in [0.15, 0.2) is 59.8 Å². The number of nitrogens with zero attached hydrogens (tertiary/aromatic N) is 2. The highest BCUT2D eigenvalue weighted by Crippen LogP contribution is 2.24. The number of hydrogen-bond donors (Lipinski definition) is 1. The normalized spacial score (nSPS) is 12.4. The Hall–Kier alpha value is -3.06. The van der Waals surface area contributed by atoms with Crippen LogP contribution in [-0.2, 0) is 9.84 Å². The molecule has 1 aromatic carbocycles. The number of carbonyl (C=O) groups excluding carboxylic acids is 1. The molecule has 0 radical (unpaired) electrons. The molecule has 6 nitrogen and oxygen atoms in total. The molecule has 1 atom stereocenters. The maximum Gasteiger partial charge on any atom is 0.251 e. The molecule has 2 aromatic heterocycles. The van der Waals surface area contributed by atoms with E-state index in [1.165, 1.54) is 12.1 Å². The Morgan fingerprint density at radius 3 is 2.34 bits per heavy atom. The van der Waals surface area contributed by atoms with E-state index in [2.05, 4.69) is 15.3 Å². The van der Waals surface area contributed by atoms with E-state index in [4.69, 9.17) is 0 Å². The number of nitrogens with one attached hydrogen (secondary N) is 1. The van der Waals surface area contributed by atoms with Gasteiger partial charge in [0.05, 0.1) is 16.6 Å². The van der Waals surface area contributed by atoms with Gasteiger partial charge < -0.3 is 5.32 Å². The lowest BCUT2D eigenvalue weighted by atomic mass is 10.1. The molecule has 0 saturated carbocycles. The van der Waals surface area contributed by atoms with E-state index in [0.717, 1.165) is 23.1 Å². The third-order valence-electron chi connectivity index (χ3n) is 4.59. The van der Waals surface area contributed by atoms with Gasteiger partial charge in [0.15, 0.2) is 9.84 Å². The summed E-state index contributed by atoms with van der Waals surface area (Å²) in [6, 6.07) is 11.8. The van der Waals surface area contributed by atoms with Crippen molar-refractivity contribution in [3.63, 3.8) is 0 Å². The molecule has 0 aliphatic rings. The van der Waals surface area contributed by atoms with E-state index in [1.807, 2.05) is 39.0 Å².